The van der Waals surface area contributed by atoms with Gasteiger partial charge in [-0.15, -0.1) is 59.2 Å². The maximum atomic E-state index is 4.64. The van der Waals surface area contributed by atoms with Crippen molar-refractivity contribution in [3.63, 3.8) is 0 Å². The van der Waals surface area contributed by atoms with Gasteiger partial charge in [-0.1, -0.05) is 108 Å². The fourth-order valence-corrected chi connectivity index (χ4v) is 6.62. The summed E-state index contributed by atoms with van der Waals surface area (Å²) in [6.07, 6.45) is 9.37. The fourth-order valence-electron chi connectivity index (χ4n) is 6.62. The van der Waals surface area contributed by atoms with E-state index < -0.39 is 0 Å². The molecule has 0 atom stereocenters. The zero-order valence-corrected chi connectivity index (χ0v) is 31.7. The SMILES string of the molecule is Cc1ccnc(-c2[c-]cc(C)c(-c3cncc(-c4cc5ncccc5c5ccccc45)c3)c2)c1.[Ir].[c-]1cccc(-c2ccccc2)c1-c1ccccn1. The summed E-state index contributed by atoms with van der Waals surface area (Å²) in [7, 11) is 0. The molecule has 4 nitrogen and oxygen atoms in total. The second-order valence-electron chi connectivity index (χ2n) is 12.7. The Morgan fingerprint density at radius 3 is 2.04 bits per heavy atom. The summed E-state index contributed by atoms with van der Waals surface area (Å²) in [6, 6.07) is 54.3. The minimum atomic E-state index is 0. The van der Waals surface area contributed by atoms with Gasteiger partial charge in [-0.3, -0.25) is 9.97 Å². The summed E-state index contributed by atoms with van der Waals surface area (Å²) < 4.78 is 0. The molecule has 0 fully saturated rings. The molecule has 0 spiro atoms. The van der Waals surface area contributed by atoms with Crippen LogP contribution in [0.25, 0.3) is 77.6 Å². The number of fused-ring (bicyclic) bond motifs is 3. The molecule has 0 aliphatic carbocycles. The molecule has 0 unspecified atom stereocenters. The number of hydrogen-bond acceptors (Lipinski definition) is 4. The first-order valence-electron chi connectivity index (χ1n) is 17.3. The van der Waals surface area contributed by atoms with E-state index in [4.69, 9.17) is 0 Å². The number of aryl methyl sites for hydroxylation is 2. The van der Waals surface area contributed by atoms with Gasteiger partial charge in [-0.2, -0.15) is 0 Å². The Morgan fingerprint density at radius 1 is 0.491 bits per heavy atom. The van der Waals surface area contributed by atoms with E-state index in [1.54, 1.807) is 0 Å². The van der Waals surface area contributed by atoms with Crippen LogP contribution in [0.2, 0.25) is 0 Å². The van der Waals surface area contributed by atoms with Crippen molar-refractivity contribution in [1.82, 2.24) is 19.9 Å². The van der Waals surface area contributed by atoms with E-state index in [-0.39, 0.29) is 20.1 Å². The normalized spacial score (nSPS) is 10.7. The van der Waals surface area contributed by atoms with E-state index in [1.807, 2.05) is 97.7 Å². The topological polar surface area (TPSA) is 51.6 Å². The Balaban J connectivity index is 0.000000194. The van der Waals surface area contributed by atoms with Gasteiger partial charge in [0.1, 0.15) is 0 Å². The number of hydrogen-bond donors (Lipinski definition) is 0. The van der Waals surface area contributed by atoms with Crippen molar-refractivity contribution in [3.05, 3.63) is 194 Å². The molecule has 0 amide bonds. The maximum absolute atomic E-state index is 4.64. The third-order valence-electron chi connectivity index (χ3n) is 9.20. The maximum Gasteiger partial charge on any atom is 0.0714 e. The molecule has 0 aliphatic heterocycles. The monoisotopic (exact) mass is 859 g/mol. The van der Waals surface area contributed by atoms with Gasteiger partial charge in [0.05, 0.1) is 5.52 Å². The van der Waals surface area contributed by atoms with Crippen LogP contribution in [0, 0.1) is 26.0 Å². The van der Waals surface area contributed by atoms with Gasteiger partial charge in [0, 0.05) is 62.0 Å². The molecule has 257 valence electrons. The van der Waals surface area contributed by atoms with Crippen LogP contribution in [0.15, 0.2) is 171 Å². The first-order valence-corrected chi connectivity index (χ1v) is 17.3. The molecule has 53 heavy (non-hydrogen) atoms. The van der Waals surface area contributed by atoms with Gasteiger partial charge < -0.3 is 9.97 Å². The van der Waals surface area contributed by atoms with E-state index in [0.29, 0.717) is 0 Å². The van der Waals surface area contributed by atoms with Crippen LogP contribution in [0.3, 0.4) is 0 Å². The van der Waals surface area contributed by atoms with Gasteiger partial charge in [-0.05, 0) is 70.5 Å². The average Bonchev–Trinajstić information content (AvgIpc) is 3.22. The molecule has 4 aromatic heterocycles. The van der Waals surface area contributed by atoms with Crippen LogP contribution in [0.4, 0.5) is 0 Å². The first-order chi connectivity index (χ1) is 25.6. The predicted octanol–water partition coefficient (Wildman–Crippen LogP) is 11.8. The van der Waals surface area contributed by atoms with E-state index in [1.165, 1.54) is 21.9 Å². The standard InChI is InChI=1S/C31H22N3.C17H12N.Ir/c1-20-11-13-34-30(14-20)22-10-9-21(2)28(16-22)23-15-24(19-32-18-23)29-17-31-27(8-5-12-33-31)25-6-3-4-7-26(25)29;1-2-8-14(9-3-1)15-10-4-5-11-16(15)17-12-6-7-13-18-17;/h3-9,11-19H,1-2H3;1-10,12-13H;/q2*-1;. The minimum absolute atomic E-state index is 0. The summed E-state index contributed by atoms with van der Waals surface area (Å²) in [4.78, 5) is 18.2. The Labute approximate surface area is 323 Å². The van der Waals surface area contributed by atoms with Crippen molar-refractivity contribution < 1.29 is 20.1 Å². The predicted molar refractivity (Wildman–Crippen MR) is 213 cm³/mol. The molecule has 5 aromatic carbocycles. The van der Waals surface area contributed by atoms with Gasteiger partial charge in [-0.25, -0.2) is 0 Å². The third-order valence-corrected chi connectivity index (χ3v) is 9.20. The van der Waals surface area contributed by atoms with Gasteiger partial charge in [0.25, 0.3) is 0 Å². The quantitative estimate of drug-likeness (QED) is 0.128. The molecule has 0 saturated carbocycles. The molecular weight excluding hydrogens is 825 g/mol. The van der Waals surface area contributed by atoms with Crippen molar-refractivity contribution in [3.8, 4) is 55.9 Å². The second-order valence-corrected chi connectivity index (χ2v) is 12.7. The van der Waals surface area contributed by atoms with E-state index in [2.05, 4.69) is 119 Å². The van der Waals surface area contributed by atoms with Crippen LogP contribution < -0.4 is 0 Å². The minimum Gasteiger partial charge on any atom is -0.305 e. The van der Waals surface area contributed by atoms with E-state index in [9.17, 15) is 0 Å². The first kappa shape index (κ1) is 35.3. The third kappa shape index (κ3) is 7.59. The summed E-state index contributed by atoms with van der Waals surface area (Å²) >= 11 is 0. The van der Waals surface area contributed by atoms with Crippen molar-refractivity contribution in [2.24, 2.45) is 0 Å². The number of nitrogens with zero attached hydrogens (tertiary/aromatic N) is 4. The molecule has 0 aliphatic rings. The molecule has 9 rings (SSSR count). The van der Waals surface area contributed by atoms with E-state index >= 15 is 0 Å². The van der Waals surface area contributed by atoms with E-state index in [0.717, 1.165) is 66.8 Å². The molecule has 1 radical (unpaired) electrons. The van der Waals surface area contributed by atoms with Crippen molar-refractivity contribution in [1.29, 1.82) is 0 Å². The summed E-state index contributed by atoms with van der Waals surface area (Å²) in [5.41, 5.74) is 14.0. The molecular formula is C48H34IrN4-2. The molecule has 9 aromatic rings. The van der Waals surface area contributed by atoms with Crippen LogP contribution >= 0.6 is 0 Å². The number of pyridine rings is 4. The number of aromatic nitrogens is 4. The van der Waals surface area contributed by atoms with Crippen molar-refractivity contribution in [2.45, 2.75) is 13.8 Å². The average molecular weight is 859 g/mol. The van der Waals surface area contributed by atoms with Gasteiger partial charge in [0.2, 0.25) is 0 Å². The van der Waals surface area contributed by atoms with Gasteiger partial charge >= 0.3 is 0 Å². The summed E-state index contributed by atoms with van der Waals surface area (Å²) in [5, 5.41) is 3.56. The molecule has 0 N–H and O–H groups in total. The largest absolute Gasteiger partial charge is 0.305 e. The Morgan fingerprint density at radius 2 is 1.23 bits per heavy atom. The zero-order valence-electron chi connectivity index (χ0n) is 29.3. The van der Waals surface area contributed by atoms with Crippen LogP contribution in [-0.2, 0) is 20.1 Å². The summed E-state index contributed by atoms with van der Waals surface area (Å²) in [6.45, 7) is 4.19. The van der Waals surface area contributed by atoms with Crippen LogP contribution in [0.5, 0.6) is 0 Å². The molecule has 4 heterocycles. The second kappa shape index (κ2) is 16.0. The Bertz CT molecular complexity index is 2600. The van der Waals surface area contributed by atoms with Crippen molar-refractivity contribution in [2.75, 3.05) is 0 Å². The fraction of sp³-hybridized carbons (Fsp3) is 0.0417. The number of rotatable bonds is 5. The smallest absolute Gasteiger partial charge is 0.0714 e. The zero-order chi connectivity index (χ0) is 35.3. The summed E-state index contributed by atoms with van der Waals surface area (Å²) in [5.74, 6) is 0. The molecule has 0 saturated heterocycles. The Kier molecular flexibility index (Phi) is 10.7. The molecule has 5 heteroatoms. The number of benzene rings is 5. The molecule has 0 bridgehead atoms. The van der Waals surface area contributed by atoms with Gasteiger partial charge in [0.15, 0.2) is 0 Å². The van der Waals surface area contributed by atoms with Crippen molar-refractivity contribution >= 4 is 21.7 Å². The van der Waals surface area contributed by atoms with Crippen LogP contribution in [-0.4, -0.2) is 19.9 Å². The Hall–Kier alpha value is -6.13. The van der Waals surface area contributed by atoms with Crippen LogP contribution in [0.1, 0.15) is 11.1 Å².